The van der Waals surface area contributed by atoms with E-state index in [9.17, 15) is 4.79 Å². The first-order valence-corrected chi connectivity index (χ1v) is 8.77. The van der Waals surface area contributed by atoms with Gasteiger partial charge in [0.05, 0.1) is 4.47 Å². The molecule has 1 amide bonds. The molecule has 24 heavy (non-hydrogen) atoms. The largest absolute Gasteiger partial charge is 0.483 e. The van der Waals surface area contributed by atoms with Gasteiger partial charge in [-0.25, -0.2) is 0 Å². The van der Waals surface area contributed by atoms with Gasteiger partial charge in [-0.3, -0.25) is 4.79 Å². The van der Waals surface area contributed by atoms with Crippen molar-refractivity contribution >= 4 is 21.8 Å². The smallest absolute Gasteiger partial charge is 0.260 e. The number of hydrogen-bond donors (Lipinski definition) is 0. The zero-order chi connectivity index (χ0) is 17.7. The lowest BCUT2D eigenvalue weighted by molar-refractivity contribution is -0.132. The lowest BCUT2D eigenvalue weighted by Crippen LogP contribution is -2.31. The highest BCUT2D eigenvalue weighted by molar-refractivity contribution is 9.10. The summed E-state index contributed by atoms with van der Waals surface area (Å²) >= 11 is 3.53. The molecule has 2 aromatic rings. The van der Waals surface area contributed by atoms with Crippen LogP contribution in [0, 0.1) is 0 Å². The summed E-state index contributed by atoms with van der Waals surface area (Å²) < 4.78 is 6.56. The van der Waals surface area contributed by atoms with Crippen LogP contribution in [0.1, 0.15) is 31.9 Å². The number of benzene rings is 2. The Labute approximate surface area is 152 Å². The standard InChI is InChI=1S/C20H24BrNO2/c1-20(2,3)16-10-11-18(17(21)12-16)24-14-19(23)22(4)13-15-8-6-5-7-9-15/h5-12H,13-14H2,1-4H3. The summed E-state index contributed by atoms with van der Waals surface area (Å²) in [6.45, 7) is 7.09. The Morgan fingerprint density at radius 3 is 2.38 bits per heavy atom. The molecule has 3 nitrogen and oxygen atoms in total. The Morgan fingerprint density at radius 2 is 1.79 bits per heavy atom. The number of amides is 1. The summed E-state index contributed by atoms with van der Waals surface area (Å²) in [5, 5.41) is 0. The number of hydrogen-bond acceptors (Lipinski definition) is 2. The molecule has 0 spiro atoms. The van der Waals surface area contributed by atoms with Crippen LogP contribution < -0.4 is 4.74 Å². The zero-order valence-electron chi connectivity index (χ0n) is 14.7. The van der Waals surface area contributed by atoms with E-state index in [0.29, 0.717) is 12.3 Å². The minimum Gasteiger partial charge on any atom is -0.483 e. The fraction of sp³-hybridized carbons (Fsp3) is 0.350. The van der Waals surface area contributed by atoms with E-state index in [0.717, 1.165) is 10.0 Å². The molecule has 0 atom stereocenters. The van der Waals surface area contributed by atoms with Gasteiger partial charge in [-0.15, -0.1) is 0 Å². The molecule has 0 saturated carbocycles. The van der Waals surface area contributed by atoms with Crippen LogP contribution in [-0.4, -0.2) is 24.5 Å². The summed E-state index contributed by atoms with van der Waals surface area (Å²) in [6.07, 6.45) is 0. The summed E-state index contributed by atoms with van der Waals surface area (Å²) in [6, 6.07) is 15.9. The maximum atomic E-state index is 12.2. The van der Waals surface area contributed by atoms with Gasteiger partial charge in [-0.1, -0.05) is 57.2 Å². The highest BCUT2D eigenvalue weighted by Crippen LogP contribution is 2.31. The summed E-state index contributed by atoms with van der Waals surface area (Å²) in [7, 11) is 1.79. The first-order valence-electron chi connectivity index (χ1n) is 7.98. The second kappa shape index (κ2) is 7.84. The van der Waals surface area contributed by atoms with E-state index >= 15 is 0 Å². The van der Waals surface area contributed by atoms with Gasteiger partial charge < -0.3 is 9.64 Å². The number of rotatable bonds is 5. The number of likely N-dealkylation sites (N-methyl/N-ethyl adjacent to an activating group) is 1. The molecule has 2 rings (SSSR count). The Kier molecular flexibility index (Phi) is 6.05. The molecule has 0 saturated heterocycles. The van der Waals surface area contributed by atoms with Crippen molar-refractivity contribution in [3.05, 3.63) is 64.1 Å². The second-order valence-corrected chi connectivity index (χ2v) is 7.77. The van der Waals surface area contributed by atoms with Crippen LogP contribution in [0.4, 0.5) is 0 Å². The monoisotopic (exact) mass is 389 g/mol. The molecular weight excluding hydrogens is 366 g/mol. The van der Waals surface area contributed by atoms with Gasteiger partial charge in [0.1, 0.15) is 5.75 Å². The molecule has 0 radical (unpaired) electrons. The topological polar surface area (TPSA) is 29.5 Å². The van der Waals surface area contributed by atoms with Crippen LogP contribution in [0.5, 0.6) is 5.75 Å². The van der Waals surface area contributed by atoms with Crippen LogP contribution in [0.15, 0.2) is 53.0 Å². The van der Waals surface area contributed by atoms with Crippen molar-refractivity contribution in [2.75, 3.05) is 13.7 Å². The Bertz CT molecular complexity index is 693. The lowest BCUT2D eigenvalue weighted by atomic mass is 9.87. The van der Waals surface area contributed by atoms with Crippen LogP contribution >= 0.6 is 15.9 Å². The zero-order valence-corrected chi connectivity index (χ0v) is 16.3. The molecule has 2 aromatic carbocycles. The quantitative estimate of drug-likeness (QED) is 0.735. The van der Waals surface area contributed by atoms with Crippen molar-refractivity contribution in [2.24, 2.45) is 0 Å². The molecule has 0 aliphatic heterocycles. The summed E-state index contributed by atoms with van der Waals surface area (Å²) in [5.74, 6) is 0.634. The van der Waals surface area contributed by atoms with Crippen LogP contribution in [0.2, 0.25) is 0 Å². The minimum absolute atomic E-state index is 0.0246. The number of nitrogens with zero attached hydrogens (tertiary/aromatic N) is 1. The van der Waals surface area contributed by atoms with Crippen molar-refractivity contribution in [3.8, 4) is 5.75 Å². The Hall–Kier alpha value is -1.81. The van der Waals surface area contributed by atoms with Gasteiger partial charge in [0.15, 0.2) is 6.61 Å². The van der Waals surface area contributed by atoms with E-state index < -0.39 is 0 Å². The molecule has 0 aliphatic rings. The molecule has 0 unspecified atom stereocenters. The van der Waals surface area contributed by atoms with Crippen LogP contribution in [-0.2, 0) is 16.8 Å². The first kappa shape index (κ1) is 18.5. The van der Waals surface area contributed by atoms with Crippen molar-refractivity contribution < 1.29 is 9.53 Å². The SMILES string of the molecule is CN(Cc1ccccc1)C(=O)COc1ccc(C(C)(C)C)cc1Br. The Morgan fingerprint density at radius 1 is 1.12 bits per heavy atom. The van der Waals surface area contributed by atoms with E-state index in [-0.39, 0.29) is 17.9 Å². The van der Waals surface area contributed by atoms with Crippen molar-refractivity contribution in [1.29, 1.82) is 0 Å². The number of halogens is 1. The highest BCUT2D eigenvalue weighted by Gasteiger charge is 2.16. The van der Waals surface area contributed by atoms with Crippen molar-refractivity contribution in [3.63, 3.8) is 0 Å². The average molecular weight is 390 g/mol. The van der Waals surface area contributed by atoms with Gasteiger partial charge in [0, 0.05) is 13.6 Å². The van der Waals surface area contributed by atoms with Gasteiger partial charge >= 0.3 is 0 Å². The maximum absolute atomic E-state index is 12.2. The van der Waals surface area contributed by atoms with E-state index in [2.05, 4.69) is 36.7 Å². The fourth-order valence-electron chi connectivity index (χ4n) is 2.28. The minimum atomic E-state index is -0.0503. The number of carbonyl (C=O) groups excluding carboxylic acids is 1. The van der Waals surface area contributed by atoms with E-state index in [1.165, 1.54) is 5.56 Å². The van der Waals surface area contributed by atoms with Gasteiger partial charge in [0.2, 0.25) is 0 Å². The van der Waals surface area contributed by atoms with Gasteiger partial charge in [0.25, 0.3) is 5.91 Å². The van der Waals surface area contributed by atoms with Gasteiger partial charge in [-0.05, 0) is 44.6 Å². The van der Waals surface area contributed by atoms with Crippen molar-refractivity contribution in [2.45, 2.75) is 32.7 Å². The molecule has 0 aliphatic carbocycles. The fourth-order valence-corrected chi connectivity index (χ4v) is 2.77. The third kappa shape index (κ3) is 5.10. The third-order valence-corrected chi connectivity index (χ3v) is 4.46. The summed E-state index contributed by atoms with van der Waals surface area (Å²) in [4.78, 5) is 13.9. The highest BCUT2D eigenvalue weighted by atomic mass is 79.9. The molecular formula is C20H24BrNO2. The van der Waals surface area contributed by atoms with Crippen LogP contribution in [0.25, 0.3) is 0 Å². The number of ether oxygens (including phenoxy) is 1. The molecule has 4 heteroatoms. The normalized spacial score (nSPS) is 11.2. The first-order chi connectivity index (χ1) is 11.3. The molecule has 0 fully saturated rings. The number of carbonyl (C=O) groups is 1. The van der Waals surface area contributed by atoms with Crippen molar-refractivity contribution in [1.82, 2.24) is 4.90 Å². The second-order valence-electron chi connectivity index (χ2n) is 6.92. The van der Waals surface area contributed by atoms with Gasteiger partial charge in [-0.2, -0.15) is 0 Å². The van der Waals surface area contributed by atoms with Crippen LogP contribution in [0.3, 0.4) is 0 Å². The predicted octanol–water partition coefficient (Wildman–Crippen LogP) is 4.78. The average Bonchev–Trinajstić information content (AvgIpc) is 2.53. The van der Waals surface area contributed by atoms with E-state index in [1.54, 1.807) is 11.9 Å². The third-order valence-electron chi connectivity index (χ3n) is 3.84. The molecule has 0 heterocycles. The molecule has 0 aromatic heterocycles. The Balaban J connectivity index is 1.94. The lowest BCUT2D eigenvalue weighted by Gasteiger charge is -2.21. The van der Waals surface area contributed by atoms with E-state index in [4.69, 9.17) is 4.74 Å². The molecule has 128 valence electrons. The van der Waals surface area contributed by atoms with E-state index in [1.807, 2.05) is 48.5 Å². The molecule has 0 N–H and O–H groups in total. The maximum Gasteiger partial charge on any atom is 0.260 e. The predicted molar refractivity (Wildman–Crippen MR) is 101 cm³/mol. The summed E-state index contributed by atoms with van der Waals surface area (Å²) in [5.41, 5.74) is 2.39. The molecule has 0 bridgehead atoms.